The van der Waals surface area contributed by atoms with Gasteiger partial charge in [-0.05, 0) is 133 Å². The topological polar surface area (TPSA) is 63.9 Å². The lowest BCUT2D eigenvalue weighted by molar-refractivity contribution is 0.224. The molecule has 2 aliphatic rings. The number of anilines is 1. The van der Waals surface area contributed by atoms with E-state index < -0.39 is 11.6 Å². The zero-order chi connectivity index (χ0) is 33.5. The van der Waals surface area contributed by atoms with Crippen LogP contribution in [0, 0.1) is 11.6 Å². The summed E-state index contributed by atoms with van der Waals surface area (Å²) >= 11 is 0. The Balaban J connectivity index is 1.15. The molecule has 8 heteroatoms. The maximum atomic E-state index is 14.0. The van der Waals surface area contributed by atoms with Crippen molar-refractivity contribution in [1.82, 2.24) is 9.88 Å². The quantitative estimate of drug-likeness (QED) is 0.148. The summed E-state index contributed by atoms with van der Waals surface area (Å²) in [6, 6.07) is 22.5. The fourth-order valence-corrected chi connectivity index (χ4v) is 6.61. The van der Waals surface area contributed by atoms with Crippen LogP contribution >= 0.6 is 0 Å². The van der Waals surface area contributed by atoms with E-state index in [0.717, 1.165) is 67.7 Å². The summed E-state index contributed by atoms with van der Waals surface area (Å²) in [7, 11) is 3.40. The number of likely N-dealkylation sites (tertiary alicyclic amines) is 1. The Morgan fingerprint density at radius 2 is 1.60 bits per heavy atom. The van der Waals surface area contributed by atoms with Crippen molar-refractivity contribution < 1.29 is 18.3 Å². The standard InChI is InChI=1S/C40H44F2N4O2/c1-47-38-9-7-36(8-10-38)46(27-30-12-16-44-40(21-30)33-22-34(41)25-35(42)23-33)37-13-17-45(18-14-37)26-28(11-15-43)3-4-29-19-32(31-5-6-31)24-39(20-29)48-2/h3,7-12,15-16,19-25,31,37H,4-6,13-14,17-18,26-27,43H2,1-2H3/b15-11-,28-3+. The van der Waals surface area contributed by atoms with Crippen LogP contribution in [0.2, 0.25) is 0 Å². The van der Waals surface area contributed by atoms with Crippen LogP contribution in [0.1, 0.15) is 48.3 Å². The minimum absolute atomic E-state index is 0.299. The molecule has 0 unspecified atom stereocenters. The molecule has 0 atom stereocenters. The molecule has 6 nitrogen and oxygen atoms in total. The third-order valence-electron chi connectivity index (χ3n) is 9.33. The van der Waals surface area contributed by atoms with E-state index in [4.69, 9.17) is 15.2 Å². The molecule has 0 amide bonds. The normalized spacial score (nSPS) is 16.0. The molecule has 1 aliphatic heterocycles. The number of hydrogen-bond donors (Lipinski definition) is 1. The van der Waals surface area contributed by atoms with Gasteiger partial charge in [-0.3, -0.25) is 9.88 Å². The van der Waals surface area contributed by atoms with Gasteiger partial charge in [0, 0.05) is 55.7 Å². The van der Waals surface area contributed by atoms with Crippen molar-refractivity contribution in [3.8, 4) is 22.8 Å². The highest BCUT2D eigenvalue weighted by atomic mass is 19.1. The second-order valence-corrected chi connectivity index (χ2v) is 12.8. The SMILES string of the molecule is COc1ccc(N(Cc2ccnc(-c3cc(F)cc(F)c3)c2)C2CCN(CC(/C=C\N)=C/Cc3cc(OC)cc(C4CC4)c3)CC2)cc1. The third-order valence-corrected chi connectivity index (χ3v) is 9.33. The van der Waals surface area contributed by atoms with Gasteiger partial charge in [0.1, 0.15) is 23.1 Å². The molecular weight excluding hydrogens is 606 g/mol. The van der Waals surface area contributed by atoms with Gasteiger partial charge < -0.3 is 20.1 Å². The average molecular weight is 651 g/mol. The minimum atomic E-state index is -0.619. The Hall–Kier alpha value is -4.69. The lowest BCUT2D eigenvalue weighted by atomic mass is 9.99. The zero-order valence-corrected chi connectivity index (χ0v) is 27.7. The molecule has 2 heterocycles. The summed E-state index contributed by atoms with van der Waals surface area (Å²) < 4.78 is 39.0. The Morgan fingerprint density at radius 3 is 2.27 bits per heavy atom. The first-order valence-corrected chi connectivity index (χ1v) is 16.7. The van der Waals surface area contributed by atoms with Crippen molar-refractivity contribution in [3.05, 3.63) is 131 Å². The van der Waals surface area contributed by atoms with Crippen molar-refractivity contribution in [2.24, 2.45) is 5.73 Å². The first kappa shape index (κ1) is 33.2. The Labute approximate surface area is 282 Å². The van der Waals surface area contributed by atoms with Crippen LogP contribution in [0.25, 0.3) is 11.3 Å². The molecule has 6 rings (SSSR count). The van der Waals surface area contributed by atoms with E-state index in [9.17, 15) is 8.78 Å². The second kappa shape index (κ2) is 15.5. The molecule has 4 aromatic rings. The maximum Gasteiger partial charge on any atom is 0.126 e. The Morgan fingerprint density at radius 1 is 0.875 bits per heavy atom. The Bertz CT molecular complexity index is 1720. The van der Waals surface area contributed by atoms with Crippen LogP contribution in [-0.2, 0) is 13.0 Å². The molecule has 2 N–H and O–H groups in total. The van der Waals surface area contributed by atoms with Gasteiger partial charge in [-0.2, -0.15) is 0 Å². The smallest absolute Gasteiger partial charge is 0.126 e. The number of ether oxygens (including phenoxy) is 2. The van der Waals surface area contributed by atoms with E-state index in [1.807, 2.05) is 30.3 Å². The molecular formula is C40H44F2N4O2. The summed E-state index contributed by atoms with van der Waals surface area (Å²) in [6.45, 7) is 3.36. The molecule has 0 spiro atoms. The number of pyridine rings is 1. The van der Waals surface area contributed by atoms with Gasteiger partial charge in [0.2, 0.25) is 0 Å². The molecule has 1 saturated heterocycles. The summed E-state index contributed by atoms with van der Waals surface area (Å²) in [5.41, 5.74) is 12.8. The van der Waals surface area contributed by atoms with E-state index in [1.165, 1.54) is 41.7 Å². The second-order valence-electron chi connectivity index (χ2n) is 12.8. The number of nitrogens with zero attached hydrogens (tertiary/aromatic N) is 3. The average Bonchev–Trinajstić information content (AvgIpc) is 3.96. The van der Waals surface area contributed by atoms with Crippen molar-refractivity contribution in [2.45, 2.75) is 50.6 Å². The monoisotopic (exact) mass is 650 g/mol. The van der Waals surface area contributed by atoms with Crippen molar-refractivity contribution in [2.75, 3.05) is 38.8 Å². The number of hydrogen-bond acceptors (Lipinski definition) is 6. The predicted octanol–water partition coefficient (Wildman–Crippen LogP) is 8.03. The van der Waals surface area contributed by atoms with Gasteiger partial charge in [-0.15, -0.1) is 0 Å². The first-order valence-electron chi connectivity index (χ1n) is 16.7. The molecule has 0 bridgehead atoms. The molecule has 1 aliphatic carbocycles. The van der Waals surface area contributed by atoms with Gasteiger partial charge >= 0.3 is 0 Å². The number of piperidine rings is 1. The van der Waals surface area contributed by atoms with Gasteiger partial charge in [-0.1, -0.05) is 12.1 Å². The molecule has 48 heavy (non-hydrogen) atoms. The summed E-state index contributed by atoms with van der Waals surface area (Å²) in [6.07, 6.45) is 13.0. The van der Waals surface area contributed by atoms with Crippen molar-refractivity contribution in [3.63, 3.8) is 0 Å². The highest BCUT2D eigenvalue weighted by Crippen LogP contribution is 2.41. The molecule has 2 fully saturated rings. The van der Waals surface area contributed by atoms with Crippen LogP contribution < -0.4 is 20.1 Å². The van der Waals surface area contributed by atoms with Gasteiger partial charge in [0.15, 0.2) is 0 Å². The van der Waals surface area contributed by atoms with Gasteiger partial charge in [0.25, 0.3) is 0 Å². The van der Waals surface area contributed by atoms with Crippen LogP contribution in [0.4, 0.5) is 14.5 Å². The van der Waals surface area contributed by atoms with Crippen molar-refractivity contribution >= 4 is 5.69 Å². The van der Waals surface area contributed by atoms with E-state index in [-0.39, 0.29) is 0 Å². The molecule has 1 saturated carbocycles. The molecule has 3 aromatic carbocycles. The Kier molecular flexibility index (Phi) is 10.7. The molecule has 1 aromatic heterocycles. The lowest BCUT2D eigenvalue weighted by Crippen LogP contribution is -2.45. The van der Waals surface area contributed by atoms with Crippen LogP contribution in [0.15, 0.2) is 103 Å². The van der Waals surface area contributed by atoms with Crippen LogP contribution in [-0.4, -0.2) is 49.8 Å². The fraction of sp³-hybridized carbons (Fsp3) is 0.325. The third kappa shape index (κ3) is 8.61. The van der Waals surface area contributed by atoms with E-state index in [0.29, 0.717) is 29.8 Å². The zero-order valence-electron chi connectivity index (χ0n) is 27.7. The van der Waals surface area contributed by atoms with Crippen LogP contribution in [0.5, 0.6) is 11.5 Å². The number of aromatic nitrogens is 1. The number of halogens is 2. The van der Waals surface area contributed by atoms with E-state index in [2.05, 4.69) is 51.2 Å². The van der Waals surface area contributed by atoms with Gasteiger partial charge in [-0.25, -0.2) is 8.78 Å². The van der Waals surface area contributed by atoms with Gasteiger partial charge in [0.05, 0.1) is 19.9 Å². The molecule has 250 valence electrons. The summed E-state index contributed by atoms with van der Waals surface area (Å²) in [5, 5.41) is 0. The fourth-order valence-electron chi connectivity index (χ4n) is 6.61. The molecule has 0 radical (unpaired) electrons. The largest absolute Gasteiger partial charge is 0.497 e. The van der Waals surface area contributed by atoms with Crippen molar-refractivity contribution in [1.29, 1.82) is 0 Å². The minimum Gasteiger partial charge on any atom is -0.497 e. The van der Waals surface area contributed by atoms with Crippen LogP contribution in [0.3, 0.4) is 0 Å². The van der Waals surface area contributed by atoms with E-state index >= 15 is 0 Å². The van der Waals surface area contributed by atoms with E-state index in [1.54, 1.807) is 26.6 Å². The number of rotatable bonds is 13. The number of allylic oxidation sites excluding steroid dienone is 1. The number of benzene rings is 3. The highest BCUT2D eigenvalue weighted by molar-refractivity contribution is 5.60. The highest BCUT2D eigenvalue weighted by Gasteiger charge is 2.26. The summed E-state index contributed by atoms with van der Waals surface area (Å²) in [5.74, 6) is 1.16. The predicted molar refractivity (Wildman–Crippen MR) is 188 cm³/mol. The lowest BCUT2D eigenvalue weighted by Gasteiger charge is -2.40. The number of methoxy groups -OCH3 is 2. The number of nitrogens with two attached hydrogens (primary N) is 1. The summed E-state index contributed by atoms with van der Waals surface area (Å²) in [4.78, 5) is 9.34. The first-order chi connectivity index (χ1) is 23.4. The maximum absolute atomic E-state index is 14.0.